The smallest absolute Gasteiger partial charge is 0.179 e. The Hall–Kier alpha value is -0.840. The van der Waals surface area contributed by atoms with E-state index in [9.17, 15) is 4.39 Å². The number of rotatable bonds is 4. The Morgan fingerprint density at radius 2 is 2.15 bits per heavy atom. The Labute approximate surface area is 135 Å². The Morgan fingerprint density at radius 1 is 1.45 bits per heavy atom. The first kappa shape index (κ1) is 15.5. The van der Waals surface area contributed by atoms with E-state index in [2.05, 4.69) is 31.3 Å². The third-order valence-electron chi connectivity index (χ3n) is 2.19. The van der Waals surface area contributed by atoms with Crippen molar-refractivity contribution in [3.8, 4) is 0 Å². The third-order valence-corrected chi connectivity index (χ3v) is 5.95. The van der Waals surface area contributed by atoms with Crippen LogP contribution in [0.5, 0.6) is 0 Å². The van der Waals surface area contributed by atoms with Crippen LogP contribution in [-0.2, 0) is 0 Å². The molecule has 0 atom stereocenters. The molecule has 0 aliphatic rings. The van der Waals surface area contributed by atoms with Crippen molar-refractivity contribution in [3.63, 3.8) is 0 Å². The van der Waals surface area contributed by atoms with Gasteiger partial charge in [-0.15, -0.1) is 10.2 Å². The molecule has 5 nitrogen and oxygen atoms in total. The summed E-state index contributed by atoms with van der Waals surface area (Å²) < 4.78 is 15.8. The largest absolute Gasteiger partial charge is 0.409 e. The van der Waals surface area contributed by atoms with E-state index in [4.69, 9.17) is 10.9 Å². The van der Waals surface area contributed by atoms with Crippen molar-refractivity contribution < 1.29 is 9.60 Å². The van der Waals surface area contributed by atoms with E-state index in [1.165, 1.54) is 34.9 Å². The molecule has 0 spiro atoms. The summed E-state index contributed by atoms with van der Waals surface area (Å²) in [6.07, 6.45) is 1.90. The van der Waals surface area contributed by atoms with Crippen molar-refractivity contribution in [2.24, 2.45) is 10.9 Å². The van der Waals surface area contributed by atoms with Crippen LogP contribution in [0.2, 0.25) is 0 Å². The number of halogens is 2. The van der Waals surface area contributed by atoms with Crippen molar-refractivity contribution >= 4 is 56.6 Å². The molecule has 0 saturated carbocycles. The molecule has 1 aromatic heterocycles. The van der Waals surface area contributed by atoms with Gasteiger partial charge in [0.2, 0.25) is 0 Å². The van der Waals surface area contributed by atoms with Crippen molar-refractivity contribution in [1.82, 2.24) is 10.2 Å². The summed E-state index contributed by atoms with van der Waals surface area (Å²) in [5.74, 6) is -0.645. The van der Waals surface area contributed by atoms with Gasteiger partial charge in [0.15, 0.2) is 20.3 Å². The standard InChI is InChI=1S/C10H8BrFN4OS3/c1-18-9-14-15-10(20-9)19-5-3-2-4(8(13)16-17)6(11)7(5)12/h2-3,17H,1H3,(H2,13,16). The molecule has 106 valence electrons. The summed E-state index contributed by atoms with van der Waals surface area (Å²) in [6, 6.07) is 3.12. The molecule has 2 rings (SSSR count). The van der Waals surface area contributed by atoms with Gasteiger partial charge in [-0.2, -0.15) is 0 Å². The summed E-state index contributed by atoms with van der Waals surface area (Å²) >= 11 is 7.16. The second-order valence-electron chi connectivity index (χ2n) is 3.36. The molecule has 0 unspecified atom stereocenters. The van der Waals surface area contributed by atoms with Gasteiger partial charge in [0.25, 0.3) is 0 Å². The quantitative estimate of drug-likeness (QED) is 0.271. The van der Waals surface area contributed by atoms with Crippen LogP contribution in [0.1, 0.15) is 5.56 Å². The summed E-state index contributed by atoms with van der Waals surface area (Å²) in [5.41, 5.74) is 5.75. The average molecular weight is 395 g/mol. The Kier molecular flexibility index (Phi) is 5.24. The molecular formula is C10H8BrFN4OS3. The molecule has 0 fully saturated rings. The Bertz CT molecular complexity index is 664. The van der Waals surface area contributed by atoms with Crippen LogP contribution in [0.4, 0.5) is 4.39 Å². The normalized spacial score (nSPS) is 11.8. The molecule has 1 heterocycles. The zero-order chi connectivity index (χ0) is 14.7. The lowest BCUT2D eigenvalue weighted by Gasteiger charge is -2.07. The van der Waals surface area contributed by atoms with Crippen LogP contribution in [0, 0.1) is 5.82 Å². The minimum absolute atomic E-state index is 0.146. The fraction of sp³-hybridized carbons (Fsp3) is 0.100. The fourth-order valence-corrected chi connectivity index (χ4v) is 4.39. The van der Waals surface area contributed by atoms with E-state index >= 15 is 0 Å². The highest BCUT2D eigenvalue weighted by molar-refractivity contribution is 9.10. The molecule has 20 heavy (non-hydrogen) atoms. The van der Waals surface area contributed by atoms with Crippen LogP contribution in [-0.4, -0.2) is 27.5 Å². The molecule has 2 aromatic rings. The van der Waals surface area contributed by atoms with Gasteiger partial charge in [-0.05, 0) is 34.3 Å². The van der Waals surface area contributed by atoms with Gasteiger partial charge in [-0.3, -0.25) is 0 Å². The molecule has 1 aromatic carbocycles. The van der Waals surface area contributed by atoms with Crippen molar-refractivity contribution in [2.45, 2.75) is 13.6 Å². The van der Waals surface area contributed by atoms with Gasteiger partial charge in [-0.25, -0.2) is 4.39 Å². The van der Waals surface area contributed by atoms with Crippen LogP contribution in [0.15, 0.2) is 35.3 Å². The maximum absolute atomic E-state index is 14.2. The Morgan fingerprint density at radius 3 is 2.75 bits per heavy atom. The fourth-order valence-electron chi connectivity index (χ4n) is 1.28. The van der Waals surface area contributed by atoms with Crippen molar-refractivity contribution in [2.75, 3.05) is 6.26 Å². The van der Waals surface area contributed by atoms with Gasteiger partial charge >= 0.3 is 0 Å². The van der Waals surface area contributed by atoms with Crippen LogP contribution in [0.3, 0.4) is 0 Å². The molecular weight excluding hydrogens is 387 g/mol. The number of aromatic nitrogens is 2. The minimum Gasteiger partial charge on any atom is -0.409 e. The van der Waals surface area contributed by atoms with Gasteiger partial charge in [-0.1, -0.05) is 40.0 Å². The molecule has 0 aliphatic carbocycles. The predicted molar refractivity (Wildman–Crippen MR) is 82.4 cm³/mol. The summed E-state index contributed by atoms with van der Waals surface area (Å²) in [4.78, 5) is 0.384. The van der Waals surface area contributed by atoms with Crippen LogP contribution < -0.4 is 5.73 Å². The number of amidine groups is 1. The zero-order valence-corrected chi connectivity index (χ0v) is 14.0. The zero-order valence-electron chi connectivity index (χ0n) is 10.0. The molecule has 0 amide bonds. The Balaban J connectivity index is 2.32. The van der Waals surface area contributed by atoms with E-state index in [-0.39, 0.29) is 15.9 Å². The summed E-state index contributed by atoms with van der Waals surface area (Å²) in [5, 5.41) is 19.4. The minimum atomic E-state index is -0.486. The first-order valence-electron chi connectivity index (χ1n) is 5.08. The molecule has 0 bridgehead atoms. The number of oxime groups is 1. The maximum Gasteiger partial charge on any atom is 0.179 e. The maximum atomic E-state index is 14.2. The topological polar surface area (TPSA) is 84.4 Å². The number of thioether (sulfide) groups is 1. The second kappa shape index (κ2) is 6.74. The summed E-state index contributed by atoms with van der Waals surface area (Å²) in [7, 11) is 0. The van der Waals surface area contributed by atoms with Gasteiger partial charge < -0.3 is 10.9 Å². The second-order valence-corrected chi connectivity index (χ2v) is 7.48. The first-order chi connectivity index (χ1) is 9.56. The van der Waals surface area contributed by atoms with Crippen LogP contribution >= 0.6 is 50.8 Å². The highest BCUT2D eigenvalue weighted by atomic mass is 79.9. The molecule has 3 N–H and O–H groups in total. The van der Waals surface area contributed by atoms with E-state index in [0.717, 1.165) is 4.34 Å². The van der Waals surface area contributed by atoms with Gasteiger partial charge in [0, 0.05) is 5.56 Å². The van der Waals surface area contributed by atoms with E-state index in [0.29, 0.717) is 9.24 Å². The third kappa shape index (κ3) is 3.25. The molecule has 10 heteroatoms. The van der Waals surface area contributed by atoms with E-state index < -0.39 is 5.82 Å². The van der Waals surface area contributed by atoms with Crippen LogP contribution in [0.25, 0.3) is 0 Å². The van der Waals surface area contributed by atoms with Crippen molar-refractivity contribution in [3.05, 3.63) is 28.0 Å². The average Bonchev–Trinajstić information content (AvgIpc) is 2.91. The van der Waals surface area contributed by atoms with Crippen molar-refractivity contribution in [1.29, 1.82) is 0 Å². The SMILES string of the molecule is CSc1nnc(Sc2ccc(/C(N)=N/O)c(Br)c2F)s1. The number of hydrogen-bond donors (Lipinski definition) is 2. The number of nitrogens with two attached hydrogens (primary N) is 1. The van der Waals surface area contributed by atoms with Gasteiger partial charge in [0.1, 0.15) is 0 Å². The number of nitrogens with zero attached hydrogens (tertiary/aromatic N) is 3. The molecule has 0 radical (unpaired) electrons. The predicted octanol–water partition coefficient (Wildman–Crippen LogP) is 3.41. The molecule has 0 saturated heterocycles. The first-order valence-corrected chi connectivity index (χ1v) is 8.73. The van der Waals surface area contributed by atoms with Gasteiger partial charge in [0.05, 0.1) is 9.37 Å². The van der Waals surface area contributed by atoms with E-state index in [1.54, 1.807) is 12.1 Å². The molecule has 0 aliphatic heterocycles. The lowest BCUT2D eigenvalue weighted by atomic mass is 10.2. The van der Waals surface area contributed by atoms with E-state index in [1.807, 2.05) is 6.26 Å². The highest BCUT2D eigenvalue weighted by Crippen LogP contribution is 2.37. The lowest BCUT2D eigenvalue weighted by molar-refractivity contribution is 0.318. The summed E-state index contributed by atoms with van der Waals surface area (Å²) in [6.45, 7) is 0. The number of benzene rings is 1. The highest BCUT2D eigenvalue weighted by Gasteiger charge is 2.16. The monoisotopic (exact) mass is 394 g/mol. The lowest BCUT2D eigenvalue weighted by Crippen LogP contribution is -2.14. The number of hydrogen-bond acceptors (Lipinski definition) is 7.